The van der Waals surface area contributed by atoms with Crippen molar-refractivity contribution in [2.75, 3.05) is 5.32 Å². The zero-order chi connectivity index (χ0) is 9.84. The first-order valence-corrected chi connectivity index (χ1v) is 4.12. The van der Waals surface area contributed by atoms with E-state index in [9.17, 15) is 4.79 Å². The Bertz CT molecular complexity index is 293. The van der Waals surface area contributed by atoms with Crippen LogP contribution in [0.3, 0.4) is 0 Å². The van der Waals surface area contributed by atoms with Gasteiger partial charge in [-0.25, -0.2) is 4.68 Å². The zero-order valence-electron chi connectivity index (χ0n) is 7.98. The van der Waals surface area contributed by atoms with Crippen molar-refractivity contribution in [1.29, 1.82) is 0 Å². The first kappa shape index (κ1) is 9.63. The highest BCUT2D eigenvalue weighted by atomic mass is 16.1. The molecule has 0 aromatic carbocycles. The number of hydrogen-bond acceptors (Lipinski definition) is 4. The van der Waals surface area contributed by atoms with Gasteiger partial charge in [0, 0.05) is 13.5 Å². The third-order valence-corrected chi connectivity index (χ3v) is 1.46. The van der Waals surface area contributed by atoms with E-state index in [1.165, 1.54) is 4.68 Å². The van der Waals surface area contributed by atoms with E-state index in [0.29, 0.717) is 18.3 Å². The van der Waals surface area contributed by atoms with E-state index in [0.717, 1.165) is 0 Å². The summed E-state index contributed by atoms with van der Waals surface area (Å²) in [7, 11) is 1.67. The number of tetrazole rings is 1. The van der Waals surface area contributed by atoms with E-state index in [-0.39, 0.29) is 5.91 Å². The second-order valence-electron chi connectivity index (χ2n) is 3.27. The molecule has 0 saturated carbocycles. The van der Waals surface area contributed by atoms with Crippen LogP contribution in [-0.4, -0.2) is 26.1 Å². The second kappa shape index (κ2) is 3.97. The molecule has 0 radical (unpaired) electrons. The molecule has 0 aliphatic carbocycles. The van der Waals surface area contributed by atoms with E-state index in [1.807, 2.05) is 13.8 Å². The molecule has 13 heavy (non-hydrogen) atoms. The van der Waals surface area contributed by atoms with Crippen LogP contribution in [0.4, 0.5) is 5.95 Å². The van der Waals surface area contributed by atoms with Crippen molar-refractivity contribution in [2.45, 2.75) is 20.3 Å². The number of carbonyl (C=O) groups excluding carboxylic acids is 1. The molecule has 6 nitrogen and oxygen atoms in total. The van der Waals surface area contributed by atoms with Gasteiger partial charge < -0.3 is 0 Å². The molecule has 0 aliphatic rings. The number of amides is 1. The van der Waals surface area contributed by atoms with Crippen molar-refractivity contribution < 1.29 is 4.79 Å². The summed E-state index contributed by atoms with van der Waals surface area (Å²) in [5.74, 6) is 0.653. The molecule has 1 aromatic rings. The Morgan fingerprint density at radius 2 is 2.31 bits per heavy atom. The van der Waals surface area contributed by atoms with Gasteiger partial charge in [-0.05, 0) is 16.3 Å². The number of nitrogens with zero attached hydrogens (tertiary/aromatic N) is 4. The Morgan fingerprint density at radius 3 is 2.77 bits per heavy atom. The Hall–Kier alpha value is -1.46. The maximum Gasteiger partial charge on any atom is 0.249 e. The molecule has 0 spiro atoms. The lowest BCUT2D eigenvalue weighted by atomic mass is 10.1. The van der Waals surface area contributed by atoms with Crippen LogP contribution in [0, 0.1) is 5.92 Å². The van der Waals surface area contributed by atoms with Crippen molar-refractivity contribution in [3.63, 3.8) is 0 Å². The standard InChI is InChI=1S/C7H13N5O/c1-5(2)4-6(13)8-7-9-10-11-12(7)3/h5H,4H2,1-3H3,(H,8,9,11,13). The van der Waals surface area contributed by atoms with Crippen molar-refractivity contribution >= 4 is 11.9 Å². The molecule has 1 amide bonds. The summed E-state index contributed by atoms with van der Waals surface area (Å²) in [6.07, 6.45) is 0.479. The van der Waals surface area contributed by atoms with Crippen LogP contribution in [0.2, 0.25) is 0 Å². The molecule has 1 rings (SSSR count). The van der Waals surface area contributed by atoms with E-state index < -0.39 is 0 Å². The fourth-order valence-electron chi connectivity index (χ4n) is 0.882. The van der Waals surface area contributed by atoms with Gasteiger partial charge in [0.25, 0.3) is 0 Å². The van der Waals surface area contributed by atoms with Gasteiger partial charge in [0.2, 0.25) is 11.9 Å². The maximum atomic E-state index is 11.3. The van der Waals surface area contributed by atoms with Gasteiger partial charge in [-0.1, -0.05) is 18.9 Å². The summed E-state index contributed by atoms with van der Waals surface area (Å²) in [6.45, 7) is 3.96. The third-order valence-electron chi connectivity index (χ3n) is 1.46. The molecule has 0 aliphatic heterocycles. The number of anilines is 1. The number of aromatic nitrogens is 4. The number of aryl methyl sites for hydroxylation is 1. The predicted octanol–water partition coefficient (Wildman–Crippen LogP) is 0.195. The van der Waals surface area contributed by atoms with Gasteiger partial charge in [-0.15, -0.1) is 0 Å². The van der Waals surface area contributed by atoms with E-state index in [4.69, 9.17) is 0 Å². The van der Waals surface area contributed by atoms with E-state index >= 15 is 0 Å². The summed E-state index contributed by atoms with van der Waals surface area (Å²) < 4.78 is 1.41. The predicted molar refractivity (Wildman–Crippen MR) is 46.9 cm³/mol. The number of hydrogen-bond donors (Lipinski definition) is 1. The molecule has 0 unspecified atom stereocenters. The van der Waals surface area contributed by atoms with Gasteiger partial charge in [-0.3, -0.25) is 10.1 Å². The Kier molecular flexibility index (Phi) is 2.94. The Balaban J connectivity index is 2.50. The van der Waals surface area contributed by atoms with Gasteiger partial charge in [0.1, 0.15) is 0 Å². The fourth-order valence-corrected chi connectivity index (χ4v) is 0.882. The molecule has 1 aromatic heterocycles. The summed E-state index contributed by atoms with van der Waals surface area (Å²) in [6, 6.07) is 0. The van der Waals surface area contributed by atoms with Gasteiger partial charge >= 0.3 is 0 Å². The lowest BCUT2D eigenvalue weighted by Crippen LogP contribution is -2.16. The molecule has 0 saturated heterocycles. The topological polar surface area (TPSA) is 72.7 Å². The number of rotatable bonds is 3. The van der Waals surface area contributed by atoms with E-state index in [2.05, 4.69) is 20.8 Å². The van der Waals surface area contributed by atoms with Crippen molar-refractivity contribution in [3.8, 4) is 0 Å². The minimum absolute atomic E-state index is 0.0621. The average Bonchev–Trinajstić information content (AvgIpc) is 2.34. The minimum atomic E-state index is -0.0621. The van der Waals surface area contributed by atoms with Crippen LogP contribution >= 0.6 is 0 Å². The summed E-state index contributed by atoms with van der Waals surface area (Å²) in [5.41, 5.74) is 0. The number of carbonyl (C=O) groups is 1. The molecule has 0 fully saturated rings. The van der Waals surface area contributed by atoms with Gasteiger partial charge in [0.05, 0.1) is 0 Å². The molecule has 0 atom stereocenters. The van der Waals surface area contributed by atoms with Crippen molar-refractivity contribution in [3.05, 3.63) is 0 Å². The molecular weight excluding hydrogens is 170 g/mol. The van der Waals surface area contributed by atoms with Crippen LogP contribution in [0.25, 0.3) is 0 Å². The lowest BCUT2D eigenvalue weighted by molar-refractivity contribution is -0.116. The highest BCUT2D eigenvalue weighted by Gasteiger charge is 2.08. The zero-order valence-corrected chi connectivity index (χ0v) is 7.98. The highest BCUT2D eigenvalue weighted by Crippen LogP contribution is 2.02. The van der Waals surface area contributed by atoms with Crippen LogP contribution in [-0.2, 0) is 11.8 Å². The third kappa shape index (κ3) is 2.81. The first-order valence-electron chi connectivity index (χ1n) is 4.12. The summed E-state index contributed by atoms with van der Waals surface area (Å²) >= 11 is 0. The van der Waals surface area contributed by atoms with Gasteiger partial charge in [0.15, 0.2) is 0 Å². The van der Waals surface area contributed by atoms with Crippen LogP contribution < -0.4 is 5.32 Å². The Labute approximate surface area is 76.3 Å². The molecule has 6 heteroatoms. The monoisotopic (exact) mass is 183 g/mol. The van der Waals surface area contributed by atoms with Crippen LogP contribution in [0.15, 0.2) is 0 Å². The maximum absolute atomic E-state index is 11.3. The van der Waals surface area contributed by atoms with Crippen LogP contribution in [0.5, 0.6) is 0 Å². The lowest BCUT2D eigenvalue weighted by Gasteiger charge is -2.04. The summed E-state index contributed by atoms with van der Waals surface area (Å²) in [4.78, 5) is 11.3. The van der Waals surface area contributed by atoms with Gasteiger partial charge in [-0.2, -0.15) is 0 Å². The van der Waals surface area contributed by atoms with Crippen molar-refractivity contribution in [2.24, 2.45) is 13.0 Å². The molecule has 1 N–H and O–H groups in total. The average molecular weight is 183 g/mol. The second-order valence-corrected chi connectivity index (χ2v) is 3.27. The minimum Gasteiger partial charge on any atom is -0.293 e. The van der Waals surface area contributed by atoms with E-state index in [1.54, 1.807) is 7.05 Å². The normalized spacial score (nSPS) is 10.5. The van der Waals surface area contributed by atoms with Crippen LogP contribution in [0.1, 0.15) is 20.3 Å². The molecule has 72 valence electrons. The molecule has 1 heterocycles. The molecular formula is C7H13N5O. The summed E-state index contributed by atoms with van der Waals surface area (Å²) in [5, 5.41) is 13.2. The smallest absolute Gasteiger partial charge is 0.249 e. The Morgan fingerprint density at radius 1 is 1.62 bits per heavy atom. The fraction of sp³-hybridized carbons (Fsp3) is 0.714. The highest BCUT2D eigenvalue weighted by molar-refractivity contribution is 5.88. The number of nitrogens with one attached hydrogen (secondary N) is 1. The SMILES string of the molecule is CC(C)CC(=O)Nc1nnnn1C. The first-order chi connectivity index (χ1) is 6.09. The van der Waals surface area contributed by atoms with Crippen molar-refractivity contribution in [1.82, 2.24) is 20.2 Å². The largest absolute Gasteiger partial charge is 0.293 e. The quantitative estimate of drug-likeness (QED) is 0.726. The molecule has 0 bridgehead atoms.